The van der Waals surface area contributed by atoms with E-state index in [4.69, 9.17) is 14.2 Å². The summed E-state index contributed by atoms with van der Waals surface area (Å²) in [5.74, 6) is 1.36. The first kappa shape index (κ1) is 27.0. The lowest BCUT2D eigenvalue weighted by Crippen LogP contribution is -2.28. The van der Waals surface area contributed by atoms with E-state index in [1.54, 1.807) is 0 Å². The third-order valence-electron chi connectivity index (χ3n) is 8.05. The Morgan fingerprint density at radius 1 is 0.946 bits per heavy atom. The maximum Gasteiger partial charge on any atom is 0.506 e. The van der Waals surface area contributed by atoms with E-state index in [0.717, 1.165) is 49.0 Å². The van der Waals surface area contributed by atoms with Crippen molar-refractivity contribution in [3.8, 4) is 5.75 Å². The van der Waals surface area contributed by atoms with Crippen LogP contribution in [0.5, 0.6) is 5.75 Å². The molecule has 200 valence electrons. The fraction of sp³-hybridized carbons (Fsp3) is 0.548. The molecule has 6 nitrogen and oxygen atoms in total. The minimum Gasteiger partial charge on any atom is -0.482 e. The van der Waals surface area contributed by atoms with Gasteiger partial charge < -0.3 is 19.3 Å². The number of carbonyl (C=O) groups excluding carboxylic acids is 1. The Morgan fingerprint density at radius 2 is 1.73 bits per heavy atom. The molecule has 2 aromatic carbocycles. The molecule has 2 aliphatic rings. The molecule has 0 aliphatic heterocycles. The Hall–Kier alpha value is -3.02. The Labute approximate surface area is 220 Å². The van der Waals surface area contributed by atoms with E-state index in [9.17, 15) is 14.7 Å². The number of esters is 1. The number of carbonyl (C=O) groups is 2. The molecule has 0 heterocycles. The number of carboxylic acid groups (broad SMARTS) is 1. The van der Waals surface area contributed by atoms with Crippen LogP contribution in [0, 0.1) is 17.8 Å². The first-order valence-electron chi connectivity index (χ1n) is 13.9. The zero-order valence-electron chi connectivity index (χ0n) is 21.9. The summed E-state index contributed by atoms with van der Waals surface area (Å²) in [4.78, 5) is 23.7. The number of unbranched alkanes of at least 4 members (excludes halogenated alkanes) is 5. The third kappa shape index (κ3) is 7.50. The normalized spacial score (nSPS) is 22.1. The van der Waals surface area contributed by atoms with Crippen LogP contribution >= 0.6 is 0 Å². The van der Waals surface area contributed by atoms with Gasteiger partial charge in [0.2, 0.25) is 0 Å². The molecule has 1 fully saturated rings. The Morgan fingerprint density at radius 3 is 2.51 bits per heavy atom. The lowest BCUT2D eigenvalue weighted by molar-refractivity contribution is -0.147. The van der Waals surface area contributed by atoms with Gasteiger partial charge in [0.25, 0.3) is 0 Å². The van der Waals surface area contributed by atoms with E-state index < -0.39 is 12.1 Å². The Balaban J connectivity index is 1.36. The maximum absolute atomic E-state index is 12.3. The van der Waals surface area contributed by atoms with Crippen LogP contribution in [0.25, 0.3) is 0 Å². The summed E-state index contributed by atoms with van der Waals surface area (Å²) in [7, 11) is 0. The molecule has 4 rings (SSSR count). The number of benzene rings is 2. The lowest BCUT2D eigenvalue weighted by Gasteiger charge is -2.32. The van der Waals surface area contributed by atoms with Crippen LogP contribution in [0.1, 0.15) is 75.0 Å². The summed E-state index contributed by atoms with van der Waals surface area (Å²) in [6.45, 7) is 2.31. The monoisotopic (exact) mass is 508 g/mol. The number of fused-ring (bicyclic) bond motifs is 2. The highest BCUT2D eigenvalue weighted by atomic mass is 16.7. The van der Waals surface area contributed by atoms with Crippen LogP contribution in [0.4, 0.5) is 4.79 Å². The molecule has 1 N–H and O–H groups in total. The summed E-state index contributed by atoms with van der Waals surface area (Å²) in [5, 5.41) is 9.36. The van der Waals surface area contributed by atoms with Gasteiger partial charge in [-0.2, -0.15) is 0 Å². The van der Waals surface area contributed by atoms with Crippen molar-refractivity contribution in [1.82, 2.24) is 0 Å². The van der Waals surface area contributed by atoms with Crippen molar-refractivity contribution in [2.24, 2.45) is 17.8 Å². The molecule has 3 unspecified atom stereocenters. The first-order valence-corrected chi connectivity index (χ1v) is 13.9. The van der Waals surface area contributed by atoms with Gasteiger partial charge in [-0.25, -0.2) is 9.59 Å². The SMILES string of the molecule is CCCCCCCCC1C2Cc3cccc(OCC(=O)OCc4ccccc4)c3CC2C[C@H]1OC(=O)O. The van der Waals surface area contributed by atoms with Gasteiger partial charge in [0, 0.05) is 0 Å². The van der Waals surface area contributed by atoms with Gasteiger partial charge in [0.15, 0.2) is 6.61 Å². The lowest BCUT2D eigenvalue weighted by atomic mass is 9.73. The molecule has 1 saturated carbocycles. The fourth-order valence-corrected chi connectivity index (χ4v) is 6.25. The van der Waals surface area contributed by atoms with Crippen molar-refractivity contribution in [1.29, 1.82) is 0 Å². The molecule has 4 atom stereocenters. The van der Waals surface area contributed by atoms with E-state index in [-0.39, 0.29) is 25.2 Å². The van der Waals surface area contributed by atoms with Crippen LogP contribution in [0.2, 0.25) is 0 Å². The molecule has 0 radical (unpaired) electrons. The second-order valence-corrected chi connectivity index (χ2v) is 10.5. The summed E-state index contributed by atoms with van der Waals surface area (Å²) in [6, 6.07) is 15.6. The van der Waals surface area contributed by atoms with Crippen molar-refractivity contribution < 1.29 is 28.9 Å². The van der Waals surface area contributed by atoms with Crippen molar-refractivity contribution in [3.05, 3.63) is 65.2 Å². The van der Waals surface area contributed by atoms with E-state index in [1.165, 1.54) is 37.7 Å². The minimum atomic E-state index is -1.17. The second kappa shape index (κ2) is 13.5. The largest absolute Gasteiger partial charge is 0.506 e. The standard InChI is InChI=1S/C31H40O6/c1-2-3-4-5-6-10-15-25-26-17-23-14-11-16-28(27(23)18-24(26)19-29(25)37-31(33)34)35-21-30(32)36-20-22-12-8-7-9-13-22/h7-9,11-14,16,24-26,29H,2-6,10,15,17-21H2,1H3,(H,33,34)/t24?,25?,26?,29-/m1/s1. The Kier molecular flexibility index (Phi) is 9.86. The third-order valence-corrected chi connectivity index (χ3v) is 8.05. The van der Waals surface area contributed by atoms with Crippen molar-refractivity contribution >= 4 is 12.1 Å². The van der Waals surface area contributed by atoms with Crippen molar-refractivity contribution in [3.63, 3.8) is 0 Å². The quantitative estimate of drug-likeness (QED) is 0.232. The highest BCUT2D eigenvalue weighted by Crippen LogP contribution is 2.49. The minimum absolute atomic E-state index is 0.136. The average Bonchev–Trinajstić information content (AvgIpc) is 3.22. The van der Waals surface area contributed by atoms with E-state index in [0.29, 0.717) is 11.8 Å². The van der Waals surface area contributed by atoms with Gasteiger partial charge in [0.1, 0.15) is 18.5 Å². The number of ether oxygens (including phenoxy) is 3. The molecule has 0 amide bonds. The number of hydrogen-bond donors (Lipinski definition) is 1. The van der Waals surface area contributed by atoms with E-state index in [2.05, 4.69) is 13.0 Å². The zero-order valence-corrected chi connectivity index (χ0v) is 21.9. The van der Waals surface area contributed by atoms with Gasteiger partial charge in [-0.1, -0.05) is 87.9 Å². The average molecular weight is 509 g/mol. The molecule has 37 heavy (non-hydrogen) atoms. The number of hydrogen-bond acceptors (Lipinski definition) is 5. The predicted molar refractivity (Wildman–Crippen MR) is 142 cm³/mol. The van der Waals surface area contributed by atoms with Crippen LogP contribution in [0.3, 0.4) is 0 Å². The number of rotatable bonds is 13. The highest BCUT2D eigenvalue weighted by Gasteiger charge is 2.47. The molecule has 2 aliphatic carbocycles. The van der Waals surface area contributed by atoms with Gasteiger partial charge in [-0.3, -0.25) is 0 Å². The van der Waals surface area contributed by atoms with Crippen molar-refractivity contribution in [2.75, 3.05) is 6.61 Å². The fourth-order valence-electron chi connectivity index (χ4n) is 6.25. The maximum atomic E-state index is 12.3. The smallest absolute Gasteiger partial charge is 0.482 e. The molecule has 0 bridgehead atoms. The molecule has 0 spiro atoms. The summed E-state index contributed by atoms with van der Waals surface area (Å²) < 4.78 is 16.7. The van der Waals surface area contributed by atoms with Crippen LogP contribution in [-0.4, -0.2) is 29.9 Å². The second-order valence-electron chi connectivity index (χ2n) is 10.5. The van der Waals surface area contributed by atoms with Crippen molar-refractivity contribution in [2.45, 2.75) is 83.8 Å². The molecular weight excluding hydrogens is 468 g/mol. The van der Waals surface area contributed by atoms with Gasteiger partial charge >= 0.3 is 12.1 Å². The summed E-state index contributed by atoms with van der Waals surface area (Å²) in [6.07, 6.45) is 9.44. The molecule has 0 saturated heterocycles. The molecular formula is C31H40O6. The van der Waals surface area contributed by atoms with Gasteiger partial charge in [-0.15, -0.1) is 0 Å². The van der Waals surface area contributed by atoms with E-state index >= 15 is 0 Å². The molecule has 0 aromatic heterocycles. The van der Waals surface area contributed by atoms with Gasteiger partial charge in [0.05, 0.1) is 0 Å². The topological polar surface area (TPSA) is 82.1 Å². The molecule has 2 aromatic rings. The molecule has 6 heteroatoms. The zero-order chi connectivity index (χ0) is 26.0. The van der Waals surface area contributed by atoms with Gasteiger partial charge in [-0.05, 0) is 66.2 Å². The summed E-state index contributed by atoms with van der Waals surface area (Å²) in [5.41, 5.74) is 3.31. The first-order chi connectivity index (χ1) is 18.0. The van der Waals surface area contributed by atoms with E-state index in [1.807, 2.05) is 42.5 Å². The Bertz CT molecular complexity index is 1020. The predicted octanol–water partition coefficient (Wildman–Crippen LogP) is 6.97. The van der Waals surface area contributed by atoms with Crippen LogP contribution < -0.4 is 4.74 Å². The summed E-state index contributed by atoms with van der Waals surface area (Å²) >= 11 is 0. The van der Waals surface area contributed by atoms with Crippen LogP contribution in [-0.2, 0) is 33.7 Å². The van der Waals surface area contributed by atoms with Crippen LogP contribution in [0.15, 0.2) is 48.5 Å². The highest BCUT2D eigenvalue weighted by molar-refractivity contribution is 5.71.